The van der Waals surface area contributed by atoms with Crippen LogP contribution in [0.4, 0.5) is 4.39 Å². The molecule has 2 N–H and O–H groups in total. The molecule has 3 rings (SSSR count). The van der Waals surface area contributed by atoms with Crippen LogP contribution in [0.25, 0.3) is 0 Å². The number of nitrogens with zero attached hydrogens (tertiary/aromatic N) is 4. The van der Waals surface area contributed by atoms with Gasteiger partial charge in [-0.25, -0.2) is 17.8 Å². The van der Waals surface area contributed by atoms with E-state index in [1.165, 1.54) is 35.6 Å². The largest absolute Gasteiger partial charge is 0.501 e. The summed E-state index contributed by atoms with van der Waals surface area (Å²) in [5.41, 5.74) is -0.652. The molecular formula is C19H25ClFN5O5S. The topological polar surface area (TPSA) is 125 Å². The highest BCUT2D eigenvalue weighted by Crippen LogP contribution is 2.24. The van der Waals surface area contributed by atoms with E-state index in [-0.39, 0.29) is 31.3 Å². The van der Waals surface area contributed by atoms with Crippen LogP contribution in [0.5, 0.6) is 5.75 Å². The summed E-state index contributed by atoms with van der Waals surface area (Å²) < 4.78 is 39.4. The average Bonchev–Trinajstić information content (AvgIpc) is 2.71. The fourth-order valence-corrected chi connectivity index (χ4v) is 4.19. The maximum atomic E-state index is 13.0. The van der Waals surface area contributed by atoms with Gasteiger partial charge >= 0.3 is 0 Å². The van der Waals surface area contributed by atoms with Crippen molar-refractivity contribution in [2.24, 2.45) is 7.05 Å². The molecule has 0 radical (unpaired) electrons. The molecule has 0 bridgehead atoms. The molecule has 1 aliphatic rings. The van der Waals surface area contributed by atoms with Gasteiger partial charge in [0.05, 0.1) is 12.3 Å². The predicted octanol–water partition coefficient (Wildman–Crippen LogP) is 0.225. The van der Waals surface area contributed by atoms with E-state index in [1.54, 1.807) is 7.05 Å². The van der Waals surface area contributed by atoms with Crippen LogP contribution in [-0.4, -0.2) is 71.1 Å². The monoisotopic (exact) mass is 489 g/mol. The lowest BCUT2D eigenvalue weighted by atomic mass is 10.1. The Labute approximate surface area is 191 Å². The molecule has 1 atom stereocenters. The first-order chi connectivity index (χ1) is 14.5. The van der Waals surface area contributed by atoms with Gasteiger partial charge in [-0.1, -0.05) is 12.1 Å². The third kappa shape index (κ3) is 5.44. The molecule has 32 heavy (non-hydrogen) atoms. The second-order valence-electron chi connectivity index (χ2n) is 7.46. The number of hydrogen-bond donors (Lipinski definition) is 2. The summed E-state index contributed by atoms with van der Waals surface area (Å²) in [5, 5.41) is 12.8. The van der Waals surface area contributed by atoms with Crippen molar-refractivity contribution in [1.29, 1.82) is 0 Å². The van der Waals surface area contributed by atoms with Crippen LogP contribution in [0.3, 0.4) is 0 Å². The Bertz CT molecular complexity index is 1160. The first kappa shape index (κ1) is 25.7. The highest BCUT2D eigenvalue weighted by molar-refractivity contribution is 7.88. The molecular weight excluding hydrogens is 465 g/mol. The van der Waals surface area contributed by atoms with Crippen molar-refractivity contribution in [2.45, 2.75) is 12.6 Å². The predicted molar refractivity (Wildman–Crippen MR) is 118 cm³/mol. The summed E-state index contributed by atoms with van der Waals surface area (Å²) >= 11 is 0. The fourth-order valence-electron chi connectivity index (χ4n) is 3.36. The van der Waals surface area contributed by atoms with Crippen LogP contribution in [-0.2, 0) is 23.6 Å². The Balaban J connectivity index is 0.00000363. The molecule has 1 amide bonds. The van der Waals surface area contributed by atoms with Gasteiger partial charge in [-0.2, -0.15) is 4.31 Å². The van der Waals surface area contributed by atoms with Gasteiger partial charge in [-0.15, -0.1) is 12.4 Å². The first-order valence-electron chi connectivity index (χ1n) is 9.47. The third-order valence-electron chi connectivity index (χ3n) is 5.26. The van der Waals surface area contributed by atoms with Gasteiger partial charge in [0.15, 0.2) is 5.69 Å². The number of benzene rings is 1. The molecule has 1 fully saturated rings. The van der Waals surface area contributed by atoms with E-state index < -0.39 is 44.8 Å². The zero-order valence-electron chi connectivity index (χ0n) is 17.8. The van der Waals surface area contributed by atoms with E-state index in [2.05, 4.69) is 10.3 Å². The smallest absolute Gasteiger partial charge is 0.296 e. The molecule has 10 nitrogen and oxygen atoms in total. The fraction of sp³-hybridized carbons (Fsp3) is 0.421. The summed E-state index contributed by atoms with van der Waals surface area (Å²) in [7, 11) is -0.292. The minimum absolute atomic E-state index is 0. The third-order valence-corrected chi connectivity index (χ3v) is 6.53. The first-order valence-corrected chi connectivity index (χ1v) is 11.3. The summed E-state index contributed by atoms with van der Waals surface area (Å²) in [6.07, 6.45) is 1.10. The number of carbonyl (C=O) groups is 1. The van der Waals surface area contributed by atoms with Crippen molar-refractivity contribution < 1.29 is 22.7 Å². The molecule has 0 saturated carbocycles. The van der Waals surface area contributed by atoms with Gasteiger partial charge < -0.3 is 10.4 Å². The van der Waals surface area contributed by atoms with Gasteiger partial charge in [0, 0.05) is 33.2 Å². The SMILES string of the molecule is CN1CCN(S(C)(=O)=O)CC1c1nc(C(=O)NCc2ccc(F)cc2)c(O)c(=O)n1C.Cl. The molecule has 1 aromatic carbocycles. The molecule has 1 aliphatic heterocycles. The van der Waals surface area contributed by atoms with Gasteiger partial charge in [0.1, 0.15) is 11.6 Å². The minimum Gasteiger partial charge on any atom is -0.501 e. The molecule has 1 unspecified atom stereocenters. The number of piperazine rings is 1. The number of aromatic hydroxyl groups is 1. The number of rotatable bonds is 5. The molecule has 1 aromatic heterocycles. The Morgan fingerprint density at radius 1 is 1.25 bits per heavy atom. The number of aromatic nitrogens is 2. The number of hydrogen-bond acceptors (Lipinski definition) is 7. The Morgan fingerprint density at radius 2 is 1.88 bits per heavy atom. The molecule has 0 spiro atoms. The summed E-state index contributed by atoms with van der Waals surface area (Å²) in [4.78, 5) is 31.3. The highest BCUT2D eigenvalue weighted by Gasteiger charge is 2.34. The van der Waals surface area contributed by atoms with Crippen LogP contribution in [0.2, 0.25) is 0 Å². The van der Waals surface area contributed by atoms with Crippen LogP contribution in [0.1, 0.15) is 27.9 Å². The van der Waals surface area contributed by atoms with Gasteiger partial charge in [-0.05, 0) is 24.7 Å². The number of carbonyl (C=O) groups excluding carboxylic acids is 1. The quantitative estimate of drug-likeness (QED) is 0.615. The lowest BCUT2D eigenvalue weighted by molar-refractivity contribution is 0.0938. The number of amides is 1. The van der Waals surface area contributed by atoms with E-state index in [4.69, 9.17) is 0 Å². The summed E-state index contributed by atoms with van der Waals surface area (Å²) in [6, 6.07) is 4.90. The molecule has 1 saturated heterocycles. The van der Waals surface area contributed by atoms with Crippen molar-refractivity contribution in [1.82, 2.24) is 24.1 Å². The minimum atomic E-state index is -3.45. The van der Waals surface area contributed by atoms with Gasteiger partial charge in [0.2, 0.25) is 15.8 Å². The highest BCUT2D eigenvalue weighted by atomic mass is 35.5. The Morgan fingerprint density at radius 3 is 2.47 bits per heavy atom. The van der Waals surface area contributed by atoms with Crippen molar-refractivity contribution in [2.75, 3.05) is 32.9 Å². The zero-order chi connectivity index (χ0) is 22.9. The van der Waals surface area contributed by atoms with E-state index in [9.17, 15) is 27.5 Å². The second-order valence-corrected chi connectivity index (χ2v) is 9.44. The van der Waals surface area contributed by atoms with E-state index in [1.807, 2.05) is 4.90 Å². The standard InChI is InChI=1S/C19H24FN5O5S.ClH/c1-23-8-9-25(31(3,29)30)11-14(23)17-22-15(16(26)19(28)24(17)2)18(27)21-10-12-4-6-13(20)7-5-12;/h4-7,14,26H,8-11H2,1-3H3,(H,21,27);1H. The maximum Gasteiger partial charge on any atom is 0.296 e. The maximum absolute atomic E-state index is 13.0. The van der Waals surface area contributed by atoms with Crippen LogP contribution < -0.4 is 10.9 Å². The lowest BCUT2D eigenvalue weighted by Crippen LogP contribution is -2.50. The van der Waals surface area contributed by atoms with Gasteiger partial charge in [-0.3, -0.25) is 19.1 Å². The zero-order valence-corrected chi connectivity index (χ0v) is 19.4. The second kappa shape index (κ2) is 9.94. The van der Waals surface area contributed by atoms with E-state index in [0.29, 0.717) is 18.7 Å². The molecule has 0 aliphatic carbocycles. The summed E-state index contributed by atoms with van der Waals surface area (Å²) in [5.74, 6) is -1.84. The molecule has 2 heterocycles. The van der Waals surface area contributed by atoms with Crippen LogP contribution in [0, 0.1) is 5.82 Å². The van der Waals surface area contributed by atoms with E-state index >= 15 is 0 Å². The van der Waals surface area contributed by atoms with Crippen molar-refractivity contribution in [3.8, 4) is 5.75 Å². The lowest BCUT2D eigenvalue weighted by Gasteiger charge is -2.38. The molecule has 176 valence electrons. The Hall–Kier alpha value is -2.54. The number of sulfonamides is 1. The average molecular weight is 490 g/mol. The number of halogens is 2. The van der Waals surface area contributed by atoms with Crippen LogP contribution in [0.15, 0.2) is 29.1 Å². The summed E-state index contributed by atoms with van der Waals surface area (Å²) in [6.45, 7) is 0.788. The molecule has 2 aromatic rings. The van der Waals surface area contributed by atoms with Crippen molar-refractivity contribution >= 4 is 28.3 Å². The normalized spacial score (nSPS) is 17.6. The van der Waals surface area contributed by atoms with Gasteiger partial charge in [0.25, 0.3) is 11.5 Å². The Kier molecular flexibility index (Phi) is 7.99. The van der Waals surface area contributed by atoms with Crippen molar-refractivity contribution in [3.63, 3.8) is 0 Å². The number of nitrogens with one attached hydrogen (secondary N) is 1. The van der Waals surface area contributed by atoms with Crippen LogP contribution >= 0.6 is 12.4 Å². The molecule has 13 heteroatoms. The van der Waals surface area contributed by atoms with Crippen molar-refractivity contribution in [3.05, 3.63) is 57.5 Å². The number of likely N-dealkylation sites (N-methyl/N-ethyl adjacent to an activating group) is 1. The van der Waals surface area contributed by atoms with E-state index in [0.717, 1.165) is 10.8 Å².